The van der Waals surface area contributed by atoms with Crippen LogP contribution in [-0.4, -0.2) is 40.1 Å². The van der Waals surface area contributed by atoms with Gasteiger partial charge in [0.15, 0.2) is 5.89 Å². The number of carbonyl (C=O) groups excluding carboxylic acids is 1. The van der Waals surface area contributed by atoms with Gasteiger partial charge in [-0.25, -0.2) is 4.98 Å². The van der Waals surface area contributed by atoms with Crippen molar-refractivity contribution in [2.24, 2.45) is 11.8 Å². The molecule has 1 aromatic heterocycles. The van der Waals surface area contributed by atoms with Crippen LogP contribution in [0.4, 0.5) is 0 Å². The van der Waals surface area contributed by atoms with Gasteiger partial charge in [-0.2, -0.15) is 0 Å². The average molecular weight is 250 g/mol. The van der Waals surface area contributed by atoms with Gasteiger partial charge >= 0.3 is 0 Å². The summed E-state index contributed by atoms with van der Waals surface area (Å²) in [6.07, 6.45) is 1.65. The van der Waals surface area contributed by atoms with E-state index in [0.29, 0.717) is 29.8 Å². The molecule has 0 spiro atoms. The summed E-state index contributed by atoms with van der Waals surface area (Å²) in [7, 11) is 0. The van der Waals surface area contributed by atoms with Gasteiger partial charge in [0, 0.05) is 25.9 Å². The molecule has 18 heavy (non-hydrogen) atoms. The number of aryl methyl sites for hydroxylation is 2. The first-order valence-electron chi connectivity index (χ1n) is 6.47. The zero-order chi connectivity index (χ0) is 12.9. The van der Waals surface area contributed by atoms with E-state index in [1.165, 1.54) is 0 Å². The molecule has 0 radical (unpaired) electrons. The van der Waals surface area contributed by atoms with E-state index < -0.39 is 0 Å². The fourth-order valence-electron chi connectivity index (χ4n) is 3.28. The predicted octanol–water partition coefficient (Wildman–Crippen LogP) is 1.13. The Kier molecular flexibility index (Phi) is 2.66. The van der Waals surface area contributed by atoms with E-state index in [-0.39, 0.29) is 17.9 Å². The van der Waals surface area contributed by atoms with Gasteiger partial charge in [0.25, 0.3) is 5.91 Å². The third-order valence-electron chi connectivity index (χ3n) is 4.20. The van der Waals surface area contributed by atoms with Gasteiger partial charge in [0.2, 0.25) is 5.76 Å². The summed E-state index contributed by atoms with van der Waals surface area (Å²) in [6.45, 7) is 4.91. The van der Waals surface area contributed by atoms with E-state index in [9.17, 15) is 9.90 Å². The number of carbonyl (C=O) groups is 1. The van der Waals surface area contributed by atoms with Gasteiger partial charge in [0.05, 0.1) is 11.8 Å². The summed E-state index contributed by atoms with van der Waals surface area (Å²) in [5.74, 6) is 1.48. The fraction of sp³-hybridized carbons (Fsp3) is 0.692. The topological polar surface area (TPSA) is 66.6 Å². The lowest BCUT2D eigenvalue weighted by atomic mass is 10.00. The first-order chi connectivity index (χ1) is 8.56. The first-order valence-corrected chi connectivity index (χ1v) is 6.47. The van der Waals surface area contributed by atoms with Crippen LogP contribution in [0.25, 0.3) is 0 Å². The predicted molar refractivity (Wildman–Crippen MR) is 64.1 cm³/mol. The highest BCUT2D eigenvalue weighted by Gasteiger charge is 2.44. The first kappa shape index (κ1) is 11.7. The summed E-state index contributed by atoms with van der Waals surface area (Å²) in [5.41, 5.74) is 0.648. The Morgan fingerprint density at radius 2 is 2.17 bits per heavy atom. The smallest absolute Gasteiger partial charge is 0.291 e. The molecule has 1 amide bonds. The molecule has 2 fully saturated rings. The lowest BCUT2D eigenvalue weighted by Crippen LogP contribution is -2.31. The number of likely N-dealkylation sites (tertiary alicyclic amines) is 1. The number of rotatable bonds is 1. The lowest BCUT2D eigenvalue weighted by Gasteiger charge is -2.17. The molecule has 1 aliphatic carbocycles. The second-order valence-electron chi connectivity index (χ2n) is 5.43. The van der Waals surface area contributed by atoms with E-state index >= 15 is 0 Å². The SMILES string of the molecule is Cc1nc(C)c(C(=O)N2CC3CCC(O)C3C2)o1. The second kappa shape index (κ2) is 4.09. The van der Waals surface area contributed by atoms with Gasteiger partial charge in [-0.1, -0.05) is 0 Å². The summed E-state index contributed by atoms with van der Waals surface area (Å²) in [4.78, 5) is 18.3. The van der Waals surface area contributed by atoms with Gasteiger partial charge in [-0.3, -0.25) is 4.79 Å². The minimum Gasteiger partial charge on any atom is -0.436 e. The maximum Gasteiger partial charge on any atom is 0.291 e. The second-order valence-corrected chi connectivity index (χ2v) is 5.43. The third kappa shape index (κ3) is 1.73. The van der Waals surface area contributed by atoms with Crippen molar-refractivity contribution in [3.05, 3.63) is 17.3 Å². The van der Waals surface area contributed by atoms with E-state index in [2.05, 4.69) is 4.98 Å². The molecule has 98 valence electrons. The average Bonchev–Trinajstić information content (AvgIpc) is 2.96. The zero-order valence-corrected chi connectivity index (χ0v) is 10.7. The van der Waals surface area contributed by atoms with Crippen molar-refractivity contribution in [1.29, 1.82) is 0 Å². The van der Waals surface area contributed by atoms with Crippen LogP contribution >= 0.6 is 0 Å². The van der Waals surface area contributed by atoms with Crippen molar-refractivity contribution in [3.8, 4) is 0 Å². The van der Waals surface area contributed by atoms with Crippen LogP contribution in [0.1, 0.15) is 35.0 Å². The van der Waals surface area contributed by atoms with Gasteiger partial charge in [-0.05, 0) is 25.7 Å². The zero-order valence-electron chi connectivity index (χ0n) is 10.7. The number of amides is 1. The van der Waals surface area contributed by atoms with Crippen molar-refractivity contribution in [2.75, 3.05) is 13.1 Å². The third-order valence-corrected chi connectivity index (χ3v) is 4.20. The molecular formula is C13H18N2O3. The molecule has 1 N–H and O–H groups in total. The quantitative estimate of drug-likeness (QED) is 0.811. The number of oxazole rings is 1. The van der Waals surface area contributed by atoms with Crippen molar-refractivity contribution in [1.82, 2.24) is 9.88 Å². The molecule has 0 bridgehead atoms. The molecule has 1 saturated carbocycles. The number of fused-ring (bicyclic) bond motifs is 1. The molecule has 2 aliphatic rings. The summed E-state index contributed by atoms with van der Waals surface area (Å²) in [5, 5.41) is 9.85. The van der Waals surface area contributed by atoms with E-state index in [4.69, 9.17) is 4.42 Å². The van der Waals surface area contributed by atoms with Crippen LogP contribution in [0.15, 0.2) is 4.42 Å². The Bertz CT molecular complexity index is 483. The maximum absolute atomic E-state index is 12.3. The van der Waals surface area contributed by atoms with E-state index in [1.54, 1.807) is 18.7 Å². The van der Waals surface area contributed by atoms with Crippen LogP contribution in [0.3, 0.4) is 0 Å². The Morgan fingerprint density at radius 3 is 2.78 bits per heavy atom. The lowest BCUT2D eigenvalue weighted by molar-refractivity contribution is 0.0719. The molecule has 1 aliphatic heterocycles. The number of nitrogens with zero attached hydrogens (tertiary/aromatic N) is 2. The van der Waals surface area contributed by atoms with Gasteiger partial charge in [0.1, 0.15) is 0 Å². The highest BCUT2D eigenvalue weighted by molar-refractivity contribution is 5.92. The maximum atomic E-state index is 12.3. The van der Waals surface area contributed by atoms with Crippen LogP contribution in [0.5, 0.6) is 0 Å². The van der Waals surface area contributed by atoms with E-state index in [1.807, 2.05) is 0 Å². The van der Waals surface area contributed by atoms with Gasteiger partial charge < -0.3 is 14.4 Å². The largest absolute Gasteiger partial charge is 0.436 e. The monoisotopic (exact) mass is 250 g/mol. The molecule has 2 heterocycles. The summed E-state index contributed by atoms with van der Waals surface area (Å²) >= 11 is 0. The van der Waals surface area contributed by atoms with Crippen molar-refractivity contribution in [2.45, 2.75) is 32.8 Å². The molecule has 1 saturated heterocycles. The number of aromatic nitrogens is 1. The number of hydrogen-bond donors (Lipinski definition) is 1. The normalized spacial score (nSPS) is 30.8. The highest BCUT2D eigenvalue weighted by Crippen LogP contribution is 2.38. The molecule has 3 rings (SSSR count). The van der Waals surface area contributed by atoms with Crippen molar-refractivity contribution >= 4 is 5.91 Å². The Hall–Kier alpha value is -1.36. The number of hydrogen-bond acceptors (Lipinski definition) is 4. The van der Waals surface area contributed by atoms with E-state index in [0.717, 1.165) is 19.4 Å². The minimum atomic E-state index is -0.245. The summed E-state index contributed by atoms with van der Waals surface area (Å²) < 4.78 is 5.37. The minimum absolute atomic E-state index is 0.0882. The van der Waals surface area contributed by atoms with Crippen LogP contribution in [0.2, 0.25) is 0 Å². The van der Waals surface area contributed by atoms with Crippen LogP contribution < -0.4 is 0 Å². The van der Waals surface area contributed by atoms with Gasteiger partial charge in [-0.15, -0.1) is 0 Å². The molecule has 5 nitrogen and oxygen atoms in total. The van der Waals surface area contributed by atoms with Crippen LogP contribution in [0, 0.1) is 25.7 Å². The molecular weight excluding hydrogens is 232 g/mol. The molecule has 3 unspecified atom stereocenters. The standard InChI is InChI=1S/C13H18N2O3/c1-7-12(18-8(2)14-7)13(17)15-5-9-3-4-11(16)10(9)6-15/h9-11,16H,3-6H2,1-2H3. The molecule has 5 heteroatoms. The fourth-order valence-corrected chi connectivity index (χ4v) is 3.28. The Labute approximate surface area is 106 Å². The number of aliphatic hydroxyl groups excluding tert-OH is 1. The summed E-state index contributed by atoms with van der Waals surface area (Å²) in [6, 6.07) is 0. The molecule has 0 aromatic carbocycles. The molecule has 1 aromatic rings. The highest BCUT2D eigenvalue weighted by atomic mass is 16.4. The Morgan fingerprint density at radius 1 is 1.39 bits per heavy atom. The molecule has 3 atom stereocenters. The number of aliphatic hydroxyl groups is 1. The van der Waals surface area contributed by atoms with Crippen molar-refractivity contribution < 1.29 is 14.3 Å². The van der Waals surface area contributed by atoms with Crippen LogP contribution in [-0.2, 0) is 0 Å². The van der Waals surface area contributed by atoms with Crippen molar-refractivity contribution in [3.63, 3.8) is 0 Å². The Balaban J connectivity index is 1.77.